The molecule has 5 rings (SSSR count). The van der Waals surface area contributed by atoms with Gasteiger partial charge in [-0.15, -0.1) is 0 Å². The minimum absolute atomic E-state index is 0.847. The third kappa shape index (κ3) is 16.6. The first kappa shape index (κ1) is 33.8. The van der Waals surface area contributed by atoms with Crippen molar-refractivity contribution >= 4 is 0 Å². The molecular weight excluding hydrogens is 442 g/mol. The molecule has 0 radical (unpaired) electrons. The molecule has 3 unspecified atom stereocenters. The van der Waals surface area contributed by atoms with E-state index in [1.165, 1.54) is 104 Å². The molecule has 0 saturated carbocycles. The predicted molar refractivity (Wildman–Crippen MR) is 161 cm³/mol. The fraction of sp³-hybridized carbons (Fsp3) is 1.00. The molecule has 0 aromatic rings. The zero-order valence-electron chi connectivity index (χ0n) is 26.4. The van der Waals surface area contributed by atoms with Crippen molar-refractivity contribution in [2.45, 2.75) is 85.6 Å². The Kier molecular flexibility index (Phi) is 17.8. The molecule has 0 bridgehead atoms. The molecule has 5 saturated heterocycles. The van der Waals surface area contributed by atoms with Gasteiger partial charge >= 0.3 is 0 Å². The van der Waals surface area contributed by atoms with Crippen LogP contribution in [0, 0.1) is 23.7 Å². The van der Waals surface area contributed by atoms with Crippen molar-refractivity contribution < 1.29 is 0 Å². The van der Waals surface area contributed by atoms with Gasteiger partial charge in [-0.05, 0) is 144 Å². The average Bonchev–Trinajstić information content (AvgIpc) is 3.37. The van der Waals surface area contributed by atoms with Crippen LogP contribution in [0.25, 0.3) is 0 Å². The van der Waals surface area contributed by atoms with Crippen molar-refractivity contribution in [1.82, 2.24) is 24.5 Å². The summed E-state index contributed by atoms with van der Waals surface area (Å²) in [5.74, 6) is 3.83. The second-order valence-corrected chi connectivity index (χ2v) is 13.4. The number of piperidine rings is 2. The van der Waals surface area contributed by atoms with Gasteiger partial charge in [-0.2, -0.15) is 0 Å². The maximum atomic E-state index is 2.41. The van der Waals surface area contributed by atoms with Crippen molar-refractivity contribution in [3.8, 4) is 0 Å². The van der Waals surface area contributed by atoms with E-state index in [0.29, 0.717) is 0 Å². The summed E-state index contributed by atoms with van der Waals surface area (Å²) in [4.78, 5) is 11.9. The lowest BCUT2D eigenvalue weighted by molar-refractivity contribution is 0.149. The lowest BCUT2D eigenvalue weighted by atomic mass is 10.00. The Morgan fingerprint density at radius 3 is 1.06 bits per heavy atom. The van der Waals surface area contributed by atoms with Crippen LogP contribution < -0.4 is 0 Å². The predicted octanol–water partition coefficient (Wildman–Crippen LogP) is 5.32. The van der Waals surface area contributed by atoms with Crippen molar-refractivity contribution in [1.29, 1.82) is 0 Å². The number of hydrogen-bond donors (Lipinski definition) is 0. The smallest absolute Gasteiger partial charge is 0.00643 e. The van der Waals surface area contributed by atoms with Gasteiger partial charge < -0.3 is 24.5 Å². The molecule has 0 spiro atoms. The second-order valence-electron chi connectivity index (χ2n) is 13.4. The molecule has 36 heavy (non-hydrogen) atoms. The van der Waals surface area contributed by atoms with Crippen LogP contribution in [0.2, 0.25) is 0 Å². The van der Waals surface area contributed by atoms with Crippen LogP contribution in [-0.4, -0.2) is 125 Å². The Balaban J connectivity index is 0.000000226. The molecule has 0 aromatic heterocycles. The standard InChI is InChI=1S/2C7H15N.2C6H13N.C5H11N/c1-7-3-5-8(2)6-4-7;1-7-4-3-5-8(2)6-7;1-6-3-4-7(2)5-6;1-6-4-3-5-7(6)2;1-5-3-6(2)4-5/h2*7H,3-6H2,1-2H3;2*6H,3-5H2,1-2H3;5H,3-4H2,1-2H3. The lowest BCUT2D eigenvalue weighted by Crippen LogP contribution is -2.41. The topological polar surface area (TPSA) is 16.2 Å². The molecular formula is C31H67N5. The summed E-state index contributed by atoms with van der Waals surface area (Å²) in [5, 5.41) is 0. The quantitative estimate of drug-likeness (QED) is 0.438. The van der Waals surface area contributed by atoms with Gasteiger partial charge in [0.2, 0.25) is 0 Å². The largest absolute Gasteiger partial charge is 0.306 e. The van der Waals surface area contributed by atoms with Crippen LogP contribution in [0.1, 0.15) is 79.6 Å². The van der Waals surface area contributed by atoms with Crippen LogP contribution in [0.5, 0.6) is 0 Å². The molecule has 0 aliphatic carbocycles. The van der Waals surface area contributed by atoms with Crippen molar-refractivity contribution in [3.05, 3.63) is 0 Å². The molecule has 5 fully saturated rings. The van der Waals surface area contributed by atoms with Crippen molar-refractivity contribution in [2.24, 2.45) is 23.7 Å². The average molecular weight is 510 g/mol. The second kappa shape index (κ2) is 19.0. The lowest BCUT2D eigenvalue weighted by Gasteiger charge is -2.33. The first-order valence-corrected chi connectivity index (χ1v) is 15.4. The first-order chi connectivity index (χ1) is 17.0. The molecule has 5 aliphatic heterocycles. The van der Waals surface area contributed by atoms with E-state index in [1.807, 2.05) is 0 Å². The summed E-state index contributed by atoms with van der Waals surface area (Å²) in [6, 6.07) is 0.847. The number of nitrogens with zero attached hydrogens (tertiary/aromatic N) is 5. The maximum absolute atomic E-state index is 2.41. The Hall–Kier alpha value is -0.200. The highest BCUT2D eigenvalue weighted by atomic mass is 15.2. The number of hydrogen-bond acceptors (Lipinski definition) is 5. The van der Waals surface area contributed by atoms with E-state index in [4.69, 9.17) is 0 Å². The van der Waals surface area contributed by atoms with Gasteiger partial charge in [0.25, 0.3) is 0 Å². The Labute approximate surface area is 227 Å². The van der Waals surface area contributed by atoms with E-state index in [9.17, 15) is 0 Å². The van der Waals surface area contributed by atoms with E-state index in [2.05, 4.69) is 94.4 Å². The zero-order valence-corrected chi connectivity index (χ0v) is 26.4. The molecule has 5 nitrogen and oxygen atoms in total. The molecule has 5 heteroatoms. The Morgan fingerprint density at radius 1 is 0.389 bits per heavy atom. The monoisotopic (exact) mass is 510 g/mol. The van der Waals surface area contributed by atoms with E-state index in [0.717, 1.165) is 29.7 Å². The van der Waals surface area contributed by atoms with Crippen LogP contribution in [0.15, 0.2) is 0 Å². The number of rotatable bonds is 0. The molecule has 0 N–H and O–H groups in total. The van der Waals surface area contributed by atoms with Gasteiger partial charge in [-0.25, -0.2) is 0 Å². The van der Waals surface area contributed by atoms with Crippen molar-refractivity contribution in [2.75, 3.05) is 94.1 Å². The normalized spacial score (nSPS) is 31.0. The van der Waals surface area contributed by atoms with Crippen LogP contribution in [0.3, 0.4) is 0 Å². The highest BCUT2D eigenvalue weighted by Crippen LogP contribution is 2.15. The summed E-state index contributed by atoms with van der Waals surface area (Å²) >= 11 is 0. The SMILES string of the molecule is CC1CCCN(C)C1.CC1CCCN1C.CC1CCN(C)C1.CC1CCN(C)CC1.CC1CN(C)C1. The van der Waals surface area contributed by atoms with Gasteiger partial charge in [0.05, 0.1) is 0 Å². The number of likely N-dealkylation sites (tertiary alicyclic amines) is 5. The van der Waals surface area contributed by atoms with Crippen LogP contribution in [0.4, 0.5) is 0 Å². The highest BCUT2D eigenvalue weighted by Gasteiger charge is 2.17. The van der Waals surface area contributed by atoms with Gasteiger partial charge in [-0.3, -0.25) is 0 Å². The van der Waals surface area contributed by atoms with E-state index >= 15 is 0 Å². The van der Waals surface area contributed by atoms with Crippen LogP contribution >= 0.6 is 0 Å². The minimum atomic E-state index is 0.847. The summed E-state index contributed by atoms with van der Waals surface area (Å²) < 4.78 is 0. The summed E-state index contributed by atoms with van der Waals surface area (Å²) in [6.07, 6.45) is 9.83. The van der Waals surface area contributed by atoms with Crippen LogP contribution in [-0.2, 0) is 0 Å². The highest BCUT2D eigenvalue weighted by molar-refractivity contribution is 4.72. The van der Waals surface area contributed by atoms with Gasteiger partial charge in [0, 0.05) is 32.2 Å². The molecule has 216 valence electrons. The fourth-order valence-electron chi connectivity index (χ4n) is 5.80. The summed E-state index contributed by atoms with van der Waals surface area (Å²) in [5.41, 5.74) is 0. The first-order valence-electron chi connectivity index (χ1n) is 15.4. The third-order valence-corrected chi connectivity index (χ3v) is 8.63. The maximum Gasteiger partial charge on any atom is 0.00643 e. The molecule has 5 aliphatic rings. The summed E-state index contributed by atoms with van der Waals surface area (Å²) in [7, 11) is 10.9. The summed E-state index contributed by atoms with van der Waals surface area (Å²) in [6.45, 7) is 23.3. The zero-order chi connectivity index (χ0) is 27.1. The van der Waals surface area contributed by atoms with Gasteiger partial charge in [0.1, 0.15) is 0 Å². The Morgan fingerprint density at radius 2 is 0.833 bits per heavy atom. The molecule has 0 amide bonds. The minimum Gasteiger partial charge on any atom is -0.306 e. The molecule has 5 heterocycles. The van der Waals surface area contributed by atoms with E-state index < -0.39 is 0 Å². The van der Waals surface area contributed by atoms with Gasteiger partial charge in [0.15, 0.2) is 0 Å². The van der Waals surface area contributed by atoms with Crippen molar-refractivity contribution in [3.63, 3.8) is 0 Å². The van der Waals surface area contributed by atoms with E-state index in [-0.39, 0.29) is 0 Å². The van der Waals surface area contributed by atoms with E-state index in [1.54, 1.807) is 0 Å². The van der Waals surface area contributed by atoms with Gasteiger partial charge in [-0.1, -0.05) is 27.7 Å². The third-order valence-electron chi connectivity index (χ3n) is 8.63. The fourth-order valence-corrected chi connectivity index (χ4v) is 5.80. The molecule has 3 atom stereocenters. The Bertz CT molecular complexity index is 475. The molecule has 0 aromatic carbocycles.